The normalized spacial score (nSPS) is 11.9. The summed E-state index contributed by atoms with van der Waals surface area (Å²) in [4.78, 5) is 23.3. The molecule has 0 aliphatic carbocycles. The molecule has 138 valence electrons. The minimum atomic E-state index is -0.372. The lowest BCUT2D eigenvalue weighted by molar-refractivity contribution is -0.117. The monoisotopic (exact) mass is 380 g/mol. The number of fused-ring (bicyclic) bond motifs is 1. The van der Waals surface area contributed by atoms with E-state index in [1.54, 1.807) is 15.8 Å². The van der Waals surface area contributed by atoms with Gasteiger partial charge in [0.05, 0.1) is 29.3 Å². The van der Waals surface area contributed by atoms with E-state index in [9.17, 15) is 4.79 Å². The molecule has 2 aromatic heterocycles. The number of thioether (sulfide) groups is 1. The molecular weight excluding hydrogens is 360 g/mol. The van der Waals surface area contributed by atoms with Crippen molar-refractivity contribution in [1.82, 2.24) is 19.7 Å². The molecule has 1 aromatic carbocycles. The van der Waals surface area contributed by atoms with Crippen molar-refractivity contribution in [3.63, 3.8) is 0 Å². The van der Waals surface area contributed by atoms with E-state index < -0.39 is 0 Å². The first-order valence-corrected chi connectivity index (χ1v) is 9.43. The van der Waals surface area contributed by atoms with Crippen molar-refractivity contribution in [2.75, 3.05) is 11.4 Å². The van der Waals surface area contributed by atoms with Crippen LogP contribution in [0.15, 0.2) is 41.8 Å². The molecule has 0 spiro atoms. The quantitative estimate of drug-likeness (QED) is 0.482. The highest BCUT2D eigenvalue weighted by molar-refractivity contribution is 8.00. The number of aryl methyl sites for hydroxylation is 2. The lowest BCUT2D eigenvalue weighted by atomic mass is 10.2. The average molecular weight is 380 g/mol. The van der Waals surface area contributed by atoms with Crippen LogP contribution in [0.5, 0.6) is 0 Å². The molecule has 8 heteroatoms. The maximum absolute atomic E-state index is 13.1. The second-order valence-corrected chi connectivity index (χ2v) is 7.51. The second kappa shape index (κ2) is 8.18. The molecule has 0 saturated carbocycles. The Morgan fingerprint density at radius 2 is 2.07 bits per heavy atom. The largest absolute Gasteiger partial charge is 0.310 e. The van der Waals surface area contributed by atoms with Gasteiger partial charge in [0.2, 0.25) is 5.91 Å². The summed E-state index contributed by atoms with van der Waals surface area (Å²) in [6.07, 6.45) is 3.47. The third kappa shape index (κ3) is 4.09. The van der Waals surface area contributed by atoms with Gasteiger partial charge in [-0.05, 0) is 26.0 Å². The molecule has 1 atom stereocenters. The van der Waals surface area contributed by atoms with E-state index in [0.717, 1.165) is 27.3 Å². The number of hydrogen-bond acceptors (Lipinski definition) is 6. The number of nitrogens with zero attached hydrogens (tertiary/aromatic N) is 6. The van der Waals surface area contributed by atoms with Crippen LogP contribution in [-0.4, -0.2) is 37.5 Å². The minimum absolute atomic E-state index is 0.0604. The summed E-state index contributed by atoms with van der Waals surface area (Å²) < 4.78 is 1.68. The zero-order valence-electron chi connectivity index (χ0n) is 15.5. The third-order valence-electron chi connectivity index (χ3n) is 4.19. The summed E-state index contributed by atoms with van der Waals surface area (Å²) in [7, 11) is 1.82. The van der Waals surface area contributed by atoms with E-state index in [1.807, 2.05) is 45.2 Å². The lowest BCUT2D eigenvalue weighted by Crippen LogP contribution is -2.37. The maximum atomic E-state index is 13.1. The van der Waals surface area contributed by atoms with Crippen LogP contribution in [0, 0.1) is 18.3 Å². The number of anilines is 1. The van der Waals surface area contributed by atoms with Gasteiger partial charge in [-0.3, -0.25) is 9.48 Å². The first-order chi connectivity index (χ1) is 13.0. The van der Waals surface area contributed by atoms with Gasteiger partial charge in [0, 0.05) is 19.3 Å². The molecule has 1 amide bonds. The Labute approximate surface area is 162 Å². The Kier molecular flexibility index (Phi) is 5.72. The molecular formula is C19H20N6OS. The number of rotatable bonds is 6. The van der Waals surface area contributed by atoms with Crippen molar-refractivity contribution in [3.05, 3.63) is 42.4 Å². The van der Waals surface area contributed by atoms with Crippen molar-refractivity contribution >= 4 is 34.4 Å². The van der Waals surface area contributed by atoms with Crippen molar-refractivity contribution in [3.8, 4) is 6.07 Å². The van der Waals surface area contributed by atoms with Gasteiger partial charge >= 0.3 is 0 Å². The Morgan fingerprint density at radius 1 is 1.33 bits per heavy atom. The molecule has 0 radical (unpaired) electrons. The molecule has 0 saturated heterocycles. The van der Waals surface area contributed by atoms with E-state index in [0.29, 0.717) is 6.54 Å². The summed E-state index contributed by atoms with van der Waals surface area (Å²) in [5.41, 5.74) is 2.64. The fraction of sp³-hybridized carbons (Fsp3) is 0.316. The minimum Gasteiger partial charge on any atom is -0.310 e. The summed E-state index contributed by atoms with van der Waals surface area (Å²) >= 11 is 1.38. The first-order valence-electron chi connectivity index (χ1n) is 8.55. The molecule has 0 N–H and O–H groups in total. The van der Waals surface area contributed by atoms with Crippen molar-refractivity contribution in [2.24, 2.45) is 7.05 Å². The van der Waals surface area contributed by atoms with Crippen LogP contribution < -0.4 is 4.90 Å². The van der Waals surface area contributed by atoms with E-state index in [2.05, 4.69) is 21.1 Å². The standard InChI is InChI=1S/C19H20N6OS/c1-13-5-7-15(8-6-13)25(10-4-9-20)19(26)14(2)27-18-16-11-23-24(3)17(16)21-12-22-18/h5-8,11-12,14H,4,10H2,1-3H3. The molecule has 0 aliphatic rings. The number of carbonyl (C=O) groups excluding carboxylic acids is 1. The fourth-order valence-electron chi connectivity index (χ4n) is 2.72. The number of hydrogen-bond donors (Lipinski definition) is 0. The molecule has 0 aliphatic heterocycles. The molecule has 27 heavy (non-hydrogen) atoms. The van der Waals surface area contributed by atoms with Crippen LogP contribution in [0.4, 0.5) is 5.69 Å². The SMILES string of the molecule is Cc1ccc(N(CCC#N)C(=O)C(C)Sc2ncnc3c2cnn3C)cc1. The molecule has 1 unspecified atom stereocenters. The Bertz CT molecular complexity index is 992. The van der Waals surface area contributed by atoms with Crippen LogP contribution >= 0.6 is 11.8 Å². The smallest absolute Gasteiger partial charge is 0.240 e. The topological polar surface area (TPSA) is 87.7 Å². The lowest BCUT2D eigenvalue weighted by Gasteiger charge is -2.25. The Hall–Kier alpha value is -2.92. The van der Waals surface area contributed by atoms with Crippen molar-refractivity contribution < 1.29 is 4.79 Å². The summed E-state index contributed by atoms with van der Waals surface area (Å²) in [6.45, 7) is 4.21. The van der Waals surface area contributed by atoms with Gasteiger partial charge in [0.1, 0.15) is 11.4 Å². The predicted molar refractivity (Wildman–Crippen MR) is 105 cm³/mol. The number of benzene rings is 1. The van der Waals surface area contributed by atoms with E-state index in [1.165, 1.54) is 18.1 Å². The van der Waals surface area contributed by atoms with Gasteiger partial charge in [-0.2, -0.15) is 10.4 Å². The number of carbonyl (C=O) groups is 1. The van der Waals surface area contributed by atoms with E-state index in [4.69, 9.17) is 5.26 Å². The molecule has 3 aromatic rings. The van der Waals surface area contributed by atoms with Crippen molar-refractivity contribution in [1.29, 1.82) is 5.26 Å². The zero-order valence-corrected chi connectivity index (χ0v) is 16.3. The van der Waals surface area contributed by atoms with E-state index >= 15 is 0 Å². The fourth-order valence-corrected chi connectivity index (χ4v) is 3.67. The number of nitriles is 1. The van der Waals surface area contributed by atoms with Crippen LogP contribution in [0.25, 0.3) is 11.0 Å². The summed E-state index contributed by atoms with van der Waals surface area (Å²) in [5, 5.41) is 14.3. The van der Waals surface area contributed by atoms with Gasteiger partial charge in [0.25, 0.3) is 0 Å². The molecule has 0 bridgehead atoms. The third-order valence-corrected chi connectivity index (χ3v) is 5.29. The maximum Gasteiger partial charge on any atom is 0.240 e. The van der Waals surface area contributed by atoms with Crippen LogP contribution in [0.1, 0.15) is 18.9 Å². The summed E-state index contributed by atoms with van der Waals surface area (Å²) in [6, 6.07) is 9.86. The molecule has 7 nitrogen and oxygen atoms in total. The van der Waals surface area contributed by atoms with Gasteiger partial charge in [0.15, 0.2) is 5.65 Å². The Balaban J connectivity index is 1.84. The van der Waals surface area contributed by atoms with Crippen LogP contribution in [0.3, 0.4) is 0 Å². The van der Waals surface area contributed by atoms with Gasteiger partial charge in [-0.15, -0.1) is 0 Å². The van der Waals surface area contributed by atoms with Gasteiger partial charge < -0.3 is 4.90 Å². The Morgan fingerprint density at radius 3 is 2.78 bits per heavy atom. The van der Waals surface area contributed by atoms with Gasteiger partial charge in [-0.1, -0.05) is 29.5 Å². The zero-order chi connectivity index (χ0) is 19.4. The van der Waals surface area contributed by atoms with Gasteiger partial charge in [-0.25, -0.2) is 9.97 Å². The highest BCUT2D eigenvalue weighted by Crippen LogP contribution is 2.29. The van der Waals surface area contributed by atoms with E-state index in [-0.39, 0.29) is 17.6 Å². The predicted octanol–water partition coefficient (Wildman–Crippen LogP) is 3.10. The second-order valence-electron chi connectivity index (χ2n) is 6.18. The first kappa shape index (κ1) is 18.9. The average Bonchev–Trinajstić information content (AvgIpc) is 3.05. The molecule has 0 fully saturated rings. The van der Waals surface area contributed by atoms with Crippen LogP contribution in [0.2, 0.25) is 0 Å². The summed E-state index contributed by atoms with van der Waals surface area (Å²) in [5.74, 6) is -0.0604. The molecule has 3 rings (SSSR count). The number of amides is 1. The highest BCUT2D eigenvalue weighted by Gasteiger charge is 2.24. The highest BCUT2D eigenvalue weighted by atomic mass is 32.2. The van der Waals surface area contributed by atoms with Crippen LogP contribution in [-0.2, 0) is 11.8 Å². The number of aromatic nitrogens is 4. The van der Waals surface area contributed by atoms with Crippen molar-refractivity contribution in [2.45, 2.75) is 30.5 Å². The molecule has 2 heterocycles.